The molecular weight excluding hydrogens is 210 g/mol. The van der Waals surface area contributed by atoms with E-state index < -0.39 is 0 Å². The lowest BCUT2D eigenvalue weighted by molar-refractivity contribution is 0.777. The summed E-state index contributed by atoms with van der Waals surface area (Å²) in [5.74, 6) is 0.845. The number of rotatable bonds is 3. The van der Waals surface area contributed by atoms with E-state index >= 15 is 0 Å². The maximum absolute atomic E-state index is 5.84. The van der Waals surface area contributed by atoms with Gasteiger partial charge in [0.25, 0.3) is 0 Å². The van der Waals surface area contributed by atoms with Crippen LogP contribution in [0.4, 0.5) is 0 Å². The molecule has 1 atom stereocenters. The summed E-state index contributed by atoms with van der Waals surface area (Å²) in [6, 6.07) is 10.2. The zero-order valence-corrected chi connectivity index (χ0v) is 10.2. The van der Waals surface area contributed by atoms with Crippen LogP contribution < -0.4 is 5.73 Å². The number of benzene rings is 1. The average Bonchev–Trinajstić information content (AvgIpc) is 2.30. The molecule has 0 saturated carbocycles. The van der Waals surface area contributed by atoms with E-state index in [9.17, 15) is 0 Å². The zero-order valence-electron chi connectivity index (χ0n) is 10.2. The van der Waals surface area contributed by atoms with Gasteiger partial charge in [-0.2, -0.15) is 0 Å². The van der Waals surface area contributed by atoms with Gasteiger partial charge in [0.2, 0.25) is 0 Å². The standard InChI is InChI=1S/C14H17N3/c1-10(15)13-9-16-14(17-11(13)2)8-12-6-4-3-5-7-12/h3-7,9-10H,8,15H2,1-2H3/t10-/m1/s1. The Balaban J connectivity index is 2.21. The number of nitrogens with zero attached hydrogens (tertiary/aromatic N) is 2. The molecule has 2 aromatic rings. The molecule has 0 unspecified atom stereocenters. The third-order valence-corrected chi connectivity index (χ3v) is 2.76. The van der Waals surface area contributed by atoms with Crippen LogP contribution in [0.5, 0.6) is 0 Å². The van der Waals surface area contributed by atoms with Crippen molar-refractivity contribution >= 4 is 0 Å². The second-order valence-corrected chi connectivity index (χ2v) is 4.28. The van der Waals surface area contributed by atoms with Gasteiger partial charge in [-0.15, -0.1) is 0 Å². The third kappa shape index (κ3) is 2.88. The predicted octanol–water partition coefficient (Wildman–Crippen LogP) is 2.40. The molecule has 1 aromatic carbocycles. The molecule has 0 bridgehead atoms. The average molecular weight is 227 g/mol. The molecule has 0 aliphatic carbocycles. The number of nitrogens with two attached hydrogens (primary N) is 1. The first-order valence-corrected chi connectivity index (χ1v) is 5.78. The first-order valence-electron chi connectivity index (χ1n) is 5.78. The largest absolute Gasteiger partial charge is 0.324 e. The monoisotopic (exact) mass is 227 g/mol. The van der Waals surface area contributed by atoms with Gasteiger partial charge < -0.3 is 5.73 Å². The van der Waals surface area contributed by atoms with Crippen LogP contribution in [0.2, 0.25) is 0 Å². The summed E-state index contributed by atoms with van der Waals surface area (Å²) in [7, 11) is 0. The van der Waals surface area contributed by atoms with Gasteiger partial charge in [0.15, 0.2) is 0 Å². The molecule has 3 nitrogen and oxygen atoms in total. The van der Waals surface area contributed by atoms with Gasteiger partial charge in [-0.05, 0) is 19.4 Å². The highest BCUT2D eigenvalue weighted by atomic mass is 14.9. The summed E-state index contributed by atoms with van der Waals surface area (Å²) < 4.78 is 0. The van der Waals surface area contributed by atoms with Crippen molar-refractivity contribution in [3.05, 3.63) is 59.2 Å². The maximum atomic E-state index is 5.84. The van der Waals surface area contributed by atoms with E-state index in [1.165, 1.54) is 5.56 Å². The van der Waals surface area contributed by atoms with E-state index in [1.54, 1.807) is 0 Å². The molecule has 2 N–H and O–H groups in total. The van der Waals surface area contributed by atoms with E-state index in [4.69, 9.17) is 5.73 Å². The molecule has 0 fully saturated rings. The molecule has 0 saturated heterocycles. The zero-order chi connectivity index (χ0) is 12.3. The van der Waals surface area contributed by atoms with Crippen LogP contribution in [-0.4, -0.2) is 9.97 Å². The summed E-state index contributed by atoms with van der Waals surface area (Å²) in [5, 5.41) is 0. The van der Waals surface area contributed by atoms with Crippen LogP contribution in [0.15, 0.2) is 36.5 Å². The minimum atomic E-state index is -0.0132. The van der Waals surface area contributed by atoms with E-state index in [1.807, 2.05) is 38.2 Å². The van der Waals surface area contributed by atoms with Crippen molar-refractivity contribution < 1.29 is 0 Å². The van der Waals surface area contributed by atoms with Crippen LogP contribution in [0.3, 0.4) is 0 Å². The SMILES string of the molecule is Cc1nc(Cc2ccccc2)ncc1[C@@H](C)N. The predicted molar refractivity (Wildman–Crippen MR) is 68.6 cm³/mol. The summed E-state index contributed by atoms with van der Waals surface area (Å²) in [6.45, 7) is 3.93. The van der Waals surface area contributed by atoms with Crippen molar-refractivity contribution in [1.29, 1.82) is 0 Å². The Bertz CT molecular complexity index is 492. The number of aryl methyl sites for hydroxylation is 1. The van der Waals surface area contributed by atoms with Crippen LogP contribution in [0.25, 0.3) is 0 Å². The van der Waals surface area contributed by atoms with Crippen LogP contribution in [-0.2, 0) is 6.42 Å². The molecule has 1 heterocycles. The molecule has 3 heteroatoms. The Hall–Kier alpha value is -1.74. The Kier molecular flexibility index (Phi) is 3.49. The molecule has 0 radical (unpaired) electrons. The Morgan fingerprint density at radius 1 is 1.24 bits per heavy atom. The van der Waals surface area contributed by atoms with Crippen LogP contribution in [0, 0.1) is 6.92 Å². The maximum Gasteiger partial charge on any atom is 0.132 e. The van der Waals surface area contributed by atoms with Crippen molar-refractivity contribution in [2.75, 3.05) is 0 Å². The van der Waals surface area contributed by atoms with Gasteiger partial charge in [0.1, 0.15) is 5.82 Å². The number of hydrogen-bond acceptors (Lipinski definition) is 3. The fraction of sp³-hybridized carbons (Fsp3) is 0.286. The molecule has 0 spiro atoms. The molecular formula is C14H17N3. The summed E-state index contributed by atoms with van der Waals surface area (Å²) >= 11 is 0. The quantitative estimate of drug-likeness (QED) is 0.876. The highest BCUT2D eigenvalue weighted by molar-refractivity contribution is 5.23. The summed E-state index contributed by atoms with van der Waals surface area (Å²) in [4.78, 5) is 8.86. The highest BCUT2D eigenvalue weighted by Crippen LogP contribution is 2.13. The molecule has 88 valence electrons. The van der Waals surface area contributed by atoms with Gasteiger partial charge in [-0.1, -0.05) is 30.3 Å². The minimum Gasteiger partial charge on any atom is -0.324 e. The second-order valence-electron chi connectivity index (χ2n) is 4.28. The summed E-state index contributed by atoms with van der Waals surface area (Å²) in [6.07, 6.45) is 2.60. The minimum absolute atomic E-state index is 0.0132. The lowest BCUT2D eigenvalue weighted by atomic mass is 10.1. The van der Waals surface area contributed by atoms with Crippen molar-refractivity contribution in [3.63, 3.8) is 0 Å². The van der Waals surface area contributed by atoms with Gasteiger partial charge in [0.05, 0.1) is 0 Å². The lowest BCUT2D eigenvalue weighted by Crippen LogP contribution is -2.10. The van der Waals surface area contributed by atoms with Gasteiger partial charge in [0, 0.05) is 29.9 Å². The van der Waals surface area contributed by atoms with Crippen molar-refractivity contribution in [2.24, 2.45) is 5.73 Å². The first-order chi connectivity index (χ1) is 8.16. The van der Waals surface area contributed by atoms with E-state index in [-0.39, 0.29) is 6.04 Å². The van der Waals surface area contributed by atoms with Gasteiger partial charge >= 0.3 is 0 Å². The number of aromatic nitrogens is 2. The first kappa shape index (κ1) is 11.7. The molecule has 17 heavy (non-hydrogen) atoms. The third-order valence-electron chi connectivity index (χ3n) is 2.76. The van der Waals surface area contributed by atoms with Crippen LogP contribution in [0.1, 0.15) is 35.6 Å². The smallest absolute Gasteiger partial charge is 0.132 e. The van der Waals surface area contributed by atoms with Gasteiger partial charge in [-0.3, -0.25) is 0 Å². The van der Waals surface area contributed by atoms with Crippen LogP contribution >= 0.6 is 0 Å². The van der Waals surface area contributed by atoms with Gasteiger partial charge in [-0.25, -0.2) is 9.97 Å². The lowest BCUT2D eigenvalue weighted by Gasteiger charge is -2.09. The van der Waals surface area contributed by atoms with E-state index in [2.05, 4.69) is 22.1 Å². The Morgan fingerprint density at radius 2 is 1.94 bits per heavy atom. The van der Waals surface area contributed by atoms with E-state index in [0.717, 1.165) is 23.5 Å². The van der Waals surface area contributed by atoms with Crippen molar-refractivity contribution in [1.82, 2.24) is 9.97 Å². The molecule has 0 aliphatic heterocycles. The second kappa shape index (κ2) is 5.06. The highest BCUT2D eigenvalue weighted by Gasteiger charge is 2.07. The Morgan fingerprint density at radius 3 is 2.53 bits per heavy atom. The summed E-state index contributed by atoms with van der Waals surface area (Å²) in [5.41, 5.74) is 9.05. The fourth-order valence-corrected chi connectivity index (χ4v) is 1.84. The molecule has 0 aliphatic rings. The topological polar surface area (TPSA) is 51.8 Å². The van der Waals surface area contributed by atoms with E-state index in [0.29, 0.717) is 0 Å². The normalized spacial score (nSPS) is 12.4. The van der Waals surface area contributed by atoms with Crippen molar-refractivity contribution in [3.8, 4) is 0 Å². The fourth-order valence-electron chi connectivity index (χ4n) is 1.84. The molecule has 2 rings (SSSR count). The Labute approximate surface area is 102 Å². The van der Waals surface area contributed by atoms with Crippen molar-refractivity contribution in [2.45, 2.75) is 26.3 Å². The molecule has 0 amide bonds. The number of hydrogen-bond donors (Lipinski definition) is 1. The molecule has 1 aromatic heterocycles.